The van der Waals surface area contributed by atoms with Gasteiger partial charge in [-0.25, -0.2) is 9.59 Å². The highest BCUT2D eigenvalue weighted by atomic mass is 16.4. The fourth-order valence-electron chi connectivity index (χ4n) is 6.39. The minimum atomic E-state index is -1.27. The van der Waals surface area contributed by atoms with E-state index in [1.165, 1.54) is 49.8 Å². The Morgan fingerprint density at radius 2 is 1.23 bits per heavy atom. The second-order valence-corrected chi connectivity index (χ2v) is 9.20. The van der Waals surface area contributed by atoms with Gasteiger partial charge in [-0.15, -0.1) is 0 Å². The smallest absolute Gasteiger partial charge is 0.336 e. The van der Waals surface area contributed by atoms with Crippen molar-refractivity contribution in [1.82, 2.24) is 0 Å². The number of carboxylic acid groups (broad SMARTS) is 2. The normalized spacial score (nSPS) is 28.6. The number of carbonyl (C=O) groups is 2. The van der Waals surface area contributed by atoms with Crippen LogP contribution in [0.5, 0.6) is 0 Å². The van der Waals surface area contributed by atoms with Crippen LogP contribution in [0.25, 0.3) is 0 Å². The molecule has 0 heterocycles. The predicted molar refractivity (Wildman–Crippen MR) is 113 cm³/mol. The second kappa shape index (κ2) is 7.32. The molecule has 2 aromatic carbocycles. The molecule has 4 nitrogen and oxygen atoms in total. The lowest BCUT2D eigenvalue weighted by atomic mass is 9.51. The van der Waals surface area contributed by atoms with Crippen molar-refractivity contribution >= 4 is 11.9 Å². The highest BCUT2D eigenvalue weighted by molar-refractivity contribution is 6.01. The maximum atomic E-state index is 11.3. The summed E-state index contributed by atoms with van der Waals surface area (Å²) < 4.78 is 0. The molecule has 0 atom stereocenters. The van der Waals surface area contributed by atoms with E-state index in [0.717, 1.165) is 29.2 Å². The Morgan fingerprint density at radius 3 is 1.80 bits per heavy atom. The number of hydrogen-bond acceptors (Lipinski definition) is 2. The van der Waals surface area contributed by atoms with Gasteiger partial charge in [0.2, 0.25) is 0 Å². The largest absolute Gasteiger partial charge is 0.478 e. The number of benzene rings is 2. The van der Waals surface area contributed by atoms with Crippen molar-refractivity contribution in [3.8, 4) is 11.8 Å². The molecule has 0 unspecified atom stereocenters. The van der Waals surface area contributed by atoms with E-state index in [-0.39, 0.29) is 11.1 Å². The van der Waals surface area contributed by atoms with Crippen LogP contribution in [0, 0.1) is 35.5 Å². The average Bonchev–Trinajstić information content (AvgIpc) is 2.72. The van der Waals surface area contributed by atoms with Crippen LogP contribution < -0.4 is 0 Å². The molecular weight excluding hydrogens is 376 g/mol. The first-order chi connectivity index (χ1) is 14.5. The van der Waals surface area contributed by atoms with Crippen LogP contribution in [0.3, 0.4) is 0 Å². The van der Waals surface area contributed by atoms with Crippen molar-refractivity contribution in [3.63, 3.8) is 0 Å². The summed E-state index contributed by atoms with van der Waals surface area (Å²) in [6.07, 6.45) is 7.06. The zero-order valence-electron chi connectivity index (χ0n) is 16.7. The van der Waals surface area contributed by atoms with E-state index >= 15 is 0 Å². The van der Waals surface area contributed by atoms with Gasteiger partial charge < -0.3 is 10.2 Å². The predicted octanol–water partition coefficient (Wildman–Crippen LogP) is 5.02. The van der Waals surface area contributed by atoms with Crippen molar-refractivity contribution in [1.29, 1.82) is 0 Å². The van der Waals surface area contributed by atoms with Gasteiger partial charge in [0.15, 0.2) is 0 Å². The molecule has 0 saturated heterocycles. The Morgan fingerprint density at radius 1 is 0.700 bits per heavy atom. The van der Waals surface area contributed by atoms with Crippen molar-refractivity contribution in [2.45, 2.75) is 38.0 Å². The van der Waals surface area contributed by atoms with E-state index in [1.807, 2.05) is 0 Å². The molecule has 152 valence electrons. The minimum Gasteiger partial charge on any atom is -0.478 e. The van der Waals surface area contributed by atoms with E-state index < -0.39 is 11.9 Å². The maximum Gasteiger partial charge on any atom is 0.336 e. The van der Waals surface area contributed by atoms with Crippen LogP contribution >= 0.6 is 0 Å². The molecule has 2 aromatic rings. The zero-order chi connectivity index (χ0) is 20.8. The number of aromatic carboxylic acids is 2. The van der Waals surface area contributed by atoms with Gasteiger partial charge in [0.25, 0.3) is 0 Å². The van der Waals surface area contributed by atoms with Gasteiger partial charge in [-0.1, -0.05) is 24.0 Å². The van der Waals surface area contributed by atoms with Crippen LogP contribution in [0.15, 0.2) is 42.5 Å². The first kappa shape index (κ1) is 18.9. The molecule has 0 aromatic heterocycles. The van der Waals surface area contributed by atoms with Gasteiger partial charge in [-0.3, -0.25) is 0 Å². The Balaban J connectivity index is 1.35. The molecule has 0 radical (unpaired) electrons. The molecule has 4 heteroatoms. The molecule has 4 fully saturated rings. The number of hydrogen-bond donors (Lipinski definition) is 2. The van der Waals surface area contributed by atoms with Crippen LogP contribution in [0.4, 0.5) is 0 Å². The standard InChI is InChI=1S/C26H24O4/c27-25(28)22-8-5-16(14-23(22)26(29)30)2-1-15-3-6-19(7-4-15)24-20-10-17-9-18(12-20)13-21(24)11-17/h3-8,14,17-18,20-21,24H,9-13H2,(H,27,28)(H,29,30). The minimum absolute atomic E-state index is 0.229. The van der Waals surface area contributed by atoms with Crippen molar-refractivity contribution in [3.05, 3.63) is 70.3 Å². The number of carboxylic acids is 2. The van der Waals surface area contributed by atoms with Gasteiger partial charge in [-0.2, -0.15) is 0 Å². The van der Waals surface area contributed by atoms with Gasteiger partial charge in [-0.05, 0) is 97.6 Å². The van der Waals surface area contributed by atoms with E-state index in [2.05, 4.69) is 36.1 Å². The highest BCUT2D eigenvalue weighted by Gasteiger charge is 2.48. The number of rotatable bonds is 3. The van der Waals surface area contributed by atoms with E-state index in [0.29, 0.717) is 11.5 Å². The molecule has 0 amide bonds. The average molecular weight is 400 g/mol. The summed E-state index contributed by atoms with van der Waals surface area (Å²) in [5.74, 6) is 7.85. The topological polar surface area (TPSA) is 74.6 Å². The van der Waals surface area contributed by atoms with E-state index in [4.69, 9.17) is 5.11 Å². The second-order valence-electron chi connectivity index (χ2n) is 9.20. The third kappa shape index (κ3) is 3.39. The Kier molecular flexibility index (Phi) is 4.62. The van der Waals surface area contributed by atoms with Crippen LogP contribution in [0.2, 0.25) is 0 Å². The molecule has 0 spiro atoms. The Labute approximate surface area is 175 Å². The van der Waals surface area contributed by atoms with Crippen LogP contribution in [-0.4, -0.2) is 22.2 Å². The molecule has 4 bridgehead atoms. The van der Waals surface area contributed by atoms with Crippen LogP contribution in [-0.2, 0) is 0 Å². The molecule has 6 rings (SSSR count). The maximum absolute atomic E-state index is 11.3. The van der Waals surface area contributed by atoms with Gasteiger partial charge >= 0.3 is 11.9 Å². The lowest BCUT2D eigenvalue weighted by Crippen LogP contribution is -2.43. The van der Waals surface area contributed by atoms with Crippen molar-refractivity contribution in [2.24, 2.45) is 23.7 Å². The summed E-state index contributed by atoms with van der Waals surface area (Å²) in [7, 11) is 0. The lowest BCUT2D eigenvalue weighted by molar-refractivity contribution is -0.00278. The van der Waals surface area contributed by atoms with Gasteiger partial charge in [0, 0.05) is 11.1 Å². The molecule has 2 N–H and O–H groups in total. The molecule has 4 saturated carbocycles. The fourth-order valence-corrected chi connectivity index (χ4v) is 6.39. The Bertz CT molecular complexity index is 1040. The summed E-state index contributed by atoms with van der Waals surface area (Å²) in [4.78, 5) is 22.5. The summed E-state index contributed by atoms with van der Waals surface area (Å²) in [6, 6.07) is 12.7. The van der Waals surface area contributed by atoms with E-state index in [9.17, 15) is 14.7 Å². The van der Waals surface area contributed by atoms with E-state index in [1.54, 1.807) is 6.07 Å². The quantitative estimate of drug-likeness (QED) is 0.709. The first-order valence-corrected chi connectivity index (χ1v) is 10.7. The van der Waals surface area contributed by atoms with Gasteiger partial charge in [0.1, 0.15) is 0 Å². The third-order valence-electron chi connectivity index (χ3n) is 7.35. The summed E-state index contributed by atoms with van der Waals surface area (Å²) in [5.41, 5.74) is 2.33. The molecular formula is C26H24O4. The highest BCUT2D eigenvalue weighted by Crippen LogP contribution is 2.59. The monoisotopic (exact) mass is 400 g/mol. The summed E-state index contributed by atoms with van der Waals surface area (Å²) in [6.45, 7) is 0. The molecule has 4 aliphatic rings. The molecule has 30 heavy (non-hydrogen) atoms. The summed E-state index contributed by atoms with van der Waals surface area (Å²) >= 11 is 0. The fraction of sp³-hybridized carbons (Fsp3) is 0.385. The molecule has 0 aliphatic heterocycles. The lowest BCUT2D eigenvalue weighted by Gasteiger charge is -2.54. The molecule has 4 aliphatic carbocycles. The van der Waals surface area contributed by atoms with Crippen LogP contribution in [0.1, 0.15) is 75.4 Å². The Hall–Kier alpha value is -3.06. The van der Waals surface area contributed by atoms with Crippen molar-refractivity contribution in [2.75, 3.05) is 0 Å². The SMILES string of the molecule is O=C(O)c1ccc(C#Cc2ccc(C3C4CC5CC(C4)CC3C5)cc2)cc1C(=O)O. The first-order valence-electron chi connectivity index (χ1n) is 10.7. The summed E-state index contributed by atoms with van der Waals surface area (Å²) in [5, 5.41) is 18.4. The van der Waals surface area contributed by atoms with Gasteiger partial charge in [0.05, 0.1) is 11.1 Å². The zero-order valence-corrected chi connectivity index (χ0v) is 16.7. The third-order valence-corrected chi connectivity index (χ3v) is 7.35. The van der Waals surface area contributed by atoms with Crippen molar-refractivity contribution < 1.29 is 19.8 Å².